The van der Waals surface area contributed by atoms with Gasteiger partial charge < -0.3 is 4.74 Å². The van der Waals surface area contributed by atoms with Gasteiger partial charge in [0.05, 0.1) is 6.20 Å². The summed E-state index contributed by atoms with van der Waals surface area (Å²) in [5.41, 5.74) is 0.438. The maximum absolute atomic E-state index is 8.68. The molecule has 0 aliphatic heterocycles. The molecular weight excluding hydrogens is 212 g/mol. The van der Waals surface area contributed by atoms with Gasteiger partial charge in [-0.1, -0.05) is 13.3 Å². The van der Waals surface area contributed by atoms with E-state index in [4.69, 9.17) is 10.00 Å². The molecule has 1 saturated carbocycles. The topological polar surface area (TPSA) is 45.9 Å². The van der Waals surface area contributed by atoms with Crippen molar-refractivity contribution in [2.75, 3.05) is 0 Å². The van der Waals surface area contributed by atoms with Crippen molar-refractivity contribution in [1.29, 1.82) is 5.26 Å². The van der Waals surface area contributed by atoms with E-state index in [0.29, 0.717) is 17.7 Å². The second-order valence-electron chi connectivity index (χ2n) is 4.60. The number of ether oxygens (including phenoxy) is 1. The van der Waals surface area contributed by atoms with E-state index in [1.54, 1.807) is 12.3 Å². The predicted molar refractivity (Wildman–Crippen MR) is 65.6 cm³/mol. The normalized spacial score (nSPS) is 24.0. The van der Waals surface area contributed by atoms with Crippen LogP contribution < -0.4 is 4.74 Å². The molecular formula is C14H18N2O. The first-order chi connectivity index (χ1) is 8.33. The molecule has 0 spiro atoms. The minimum Gasteiger partial charge on any atom is -0.489 e. The lowest BCUT2D eigenvalue weighted by Crippen LogP contribution is -2.29. The molecule has 1 aromatic rings. The molecule has 0 bridgehead atoms. The van der Waals surface area contributed by atoms with Crippen LogP contribution in [-0.2, 0) is 0 Å². The molecule has 1 aliphatic carbocycles. The SMILES string of the molecule is CCC1CCCCC1Oc1ccc(C#N)nc1. The molecule has 17 heavy (non-hydrogen) atoms. The van der Waals surface area contributed by atoms with Crippen LogP contribution in [0.25, 0.3) is 0 Å². The van der Waals surface area contributed by atoms with Crippen molar-refractivity contribution in [1.82, 2.24) is 4.98 Å². The third-order valence-electron chi connectivity index (χ3n) is 3.50. The Kier molecular flexibility index (Phi) is 3.98. The number of hydrogen-bond acceptors (Lipinski definition) is 3. The van der Waals surface area contributed by atoms with Crippen molar-refractivity contribution in [3.05, 3.63) is 24.0 Å². The third kappa shape index (κ3) is 2.97. The van der Waals surface area contributed by atoms with Gasteiger partial charge in [-0.05, 0) is 43.7 Å². The van der Waals surface area contributed by atoms with Crippen molar-refractivity contribution in [3.63, 3.8) is 0 Å². The van der Waals surface area contributed by atoms with Crippen LogP contribution in [0, 0.1) is 17.2 Å². The highest BCUT2D eigenvalue weighted by atomic mass is 16.5. The van der Waals surface area contributed by atoms with Gasteiger partial charge in [0.1, 0.15) is 23.6 Å². The second-order valence-corrected chi connectivity index (χ2v) is 4.60. The Balaban J connectivity index is 2.01. The summed E-state index contributed by atoms with van der Waals surface area (Å²) in [6.45, 7) is 2.23. The summed E-state index contributed by atoms with van der Waals surface area (Å²) in [7, 11) is 0. The summed E-state index contributed by atoms with van der Waals surface area (Å²) in [4.78, 5) is 4.03. The van der Waals surface area contributed by atoms with Gasteiger partial charge in [-0.15, -0.1) is 0 Å². The lowest BCUT2D eigenvalue weighted by atomic mass is 9.85. The highest BCUT2D eigenvalue weighted by Gasteiger charge is 2.25. The van der Waals surface area contributed by atoms with Crippen LogP contribution in [0.5, 0.6) is 5.75 Å². The van der Waals surface area contributed by atoms with Crippen LogP contribution in [0.4, 0.5) is 0 Å². The molecule has 2 unspecified atom stereocenters. The molecule has 2 rings (SSSR count). The maximum atomic E-state index is 8.68. The summed E-state index contributed by atoms with van der Waals surface area (Å²) in [5, 5.41) is 8.68. The molecule has 3 heteroatoms. The molecule has 1 heterocycles. The van der Waals surface area contributed by atoms with Crippen molar-refractivity contribution in [2.24, 2.45) is 5.92 Å². The van der Waals surface area contributed by atoms with Gasteiger partial charge in [0.25, 0.3) is 0 Å². The molecule has 0 aromatic carbocycles. The lowest BCUT2D eigenvalue weighted by Gasteiger charge is -2.31. The Morgan fingerprint density at radius 1 is 1.41 bits per heavy atom. The fourth-order valence-electron chi connectivity index (χ4n) is 2.49. The molecule has 0 amide bonds. The Morgan fingerprint density at radius 2 is 2.24 bits per heavy atom. The standard InChI is InChI=1S/C14H18N2O/c1-2-11-5-3-4-6-14(11)17-13-8-7-12(9-15)16-10-13/h7-8,10-11,14H,2-6H2,1H3. The van der Waals surface area contributed by atoms with Crippen molar-refractivity contribution in [2.45, 2.75) is 45.1 Å². The van der Waals surface area contributed by atoms with E-state index >= 15 is 0 Å². The minimum absolute atomic E-state index is 0.323. The van der Waals surface area contributed by atoms with Crippen molar-refractivity contribution < 1.29 is 4.74 Å². The predicted octanol–water partition coefficient (Wildman–Crippen LogP) is 3.30. The van der Waals surface area contributed by atoms with Gasteiger partial charge in [-0.3, -0.25) is 0 Å². The van der Waals surface area contributed by atoms with E-state index in [2.05, 4.69) is 11.9 Å². The van der Waals surface area contributed by atoms with E-state index in [0.717, 1.165) is 12.2 Å². The van der Waals surface area contributed by atoms with Crippen LogP contribution in [0.1, 0.15) is 44.7 Å². The van der Waals surface area contributed by atoms with Crippen LogP contribution in [0.3, 0.4) is 0 Å². The number of aromatic nitrogens is 1. The molecule has 0 N–H and O–H groups in total. The largest absolute Gasteiger partial charge is 0.489 e. The smallest absolute Gasteiger partial charge is 0.140 e. The fourth-order valence-corrected chi connectivity index (χ4v) is 2.49. The fraction of sp³-hybridized carbons (Fsp3) is 0.571. The molecule has 1 fully saturated rings. The molecule has 3 nitrogen and oxygen atoms in total. The molecule has 1 aromatic heterocycles. The summed E-state index contributed by atoms with van der Waals surface area (Å²) in [5.74, 6) is 1.45. The van der Waals surface area contributed by atoms with E-state index in [1.807, 2.05) is 12.1 Å². The van der Waals surface area contributed by atoms with E-state index in [1.165, 1.54) is 25.7 Å². The van der Waals surface area contributed by atoms with Gasteiger partial charge in [-0.2, -0.15) is 5.26 Å². The first-order valence-electron chi connectivity index (χ1n) is 6.36. The van der Waals surface area contributed by atoms with Crippen LogP contribution in [-0.4, -0.2) is 11.1 Å². The average molecular weight is 230 g/mol. The van der Waals surface area contributed by atoms with Crippen LogP contribution in [0.15, 0.2) is 18.3 Å². The number of pyridine rings is 1. The zero-order valence-corrected chi connectivity index (χ0v) is 10.2. The first kappa shape index (κ1) is 11.9. The second kappa shape index (κ2) is 5.67. The van der Waals surface area contributed by atoms with Gasteiger partial charge >= 0.3 is 0 Å². The van der Waals surface area contributed by atoms with Crippen molar-refractivity contribution >= 4 is 0 Å². The van der Waals surface area contributed by atoms with Crippen LogP contribution in [0.2, 0.25) is 0 Å². The van der Waals surface area contributed by atoms with Crippen LogP contribution >= 0.6 is 0 Å². The zero-order valence-electron chi connectivity index (χ0n) is 10.2. The van der Waals surface area contributed by atoms with Gasteiger partial charge in [0.2, 0.25) is 0 Å². The Hall–Kier alpha value is -1.56. The Morgan fingerprint density at radius 3 is 2.88 bits per heavy atom. The highest BCUT2D eigenvalue weighted by molar-refractivity contribution is 5.26. The molecule has 90 valence electrons. The highest BCUT2D eigenvalue weighted by Crippen LogP contribution is 2.30. The van der Waals surface area contributed by atoms with E-state index in [9.17, 15) is 0 Å². The zero-order chi connectivity index (χ0) is 12.1. The Labute approximate surface area is 102 Å². The summed E-state index contributed by atoms with van der Waals surface area (Å²) in [6.07, 6.45) is 8.13. The van der Waals surface area contributed by atoms with Crippen molar-refractivity contribution in [3.8, 4) is 11.8 Å². The number of nitriles is 1. The van der Waals surface area contributed by atoms with E-state index in [-0.39, 0.29) is 0 Å². The molecule has 1 aliphatic rings. The molecule has 0 saturated heterocycles. The summed E-state index contributed by atoms with van der Waals surface area (Å²) >= 11 is 0. The molecule has 2 atom stereocenters. The molecule has 0 radical (unpaired) electrons. The quantitative estimate of drug-likeness (QED) is 0.800. The first-order valence-corrected chi connectivity index (χ1v) is 6.36. The van der Waals surface area contributed by atoms with Gasteiger partial charge in [-0.25, -0.2) is 4.98 Å². The van der Waals surface area contributed by atoms with Gasteiger partial charge in [0, 0.05) is 0 Å². The van der Waals surface area contributed by atoms with E-state index < -0.39 is 0 Å². The maximum Gasteiger partial charge on any atom is 0.140 e. The summed E-state index contributed by atoms with van der Waals surface area (Å²) in [6, 6.07) is 5.56. The van der Waals surface area contributed by atoms with Gasteiger partial charge in [0.15, 0.2) is 0 Å². The Bertz CT molecular complexity index is 394. The minimum atomic E-state index is 0.323. The number of nitrogens with zero attached hydrogens (tertiary/aromatic N) is 2. The number of rotatable bonds is 3. The monoisotopic (exact) mass is 230 g/mol. The average Bonchev–Trinajstić information content (AvgIpc) is 2.40. The lowest BCUT2D eigenvalue weighted by molar-refractivity contribution is 0.0900. The number of hydrogen-bond donors (Lipinski definition) is 0. The summed E-state index contributed by atoms with van der Waals surface area (Å²) < 4.78 is 5.99. The third-order valence-corrected chi connectivity index (χ3v) is 3.50.